The van der Waals surface area contributed by atoms with E-state index in [0.717, 1.165) is 35.2 Å². The zero-order valence-corrected chi connectivity index (χ0v) is 15.3. The van der Waals surface area contributed by atoms with Gasteiger partial charge in [0.1, 0.15) is 17.2 Å². The fourth-order valence-corrected chi connectivity index (χ4v) is 2.91. The number of anilines is 2. The maximum Gasteiger partial charge on any atom is 0.450 e. The van der Waals surface area contributed by atoms with Crippen molar-refractivity contribution in [2.24, 2.45) is 0 Å². The number of amides is 1. The van der Waals surface area contributed by atoms with Crippen LogP contribution < -0.4 is 11.1 Å². The number of nitrogens with two attached hydrogens (primary N) is 1. The quantitative estimate of drug-likeness (QED) is 0.376. The molecule has 2 aromatic heterocycles. The number of nitrogen functional groups attached to an aromatic ring is 1. The van der Waals surface area contributed by atoms with Gasteiger partial charge in [0, 0.05) is 5.69 Å². The molecule has 0 aliphatic rings. The average molecular weight is 434 g/mol. The summed E-state index contributed by atoms with van der Waals surface area (Å²) in [6, 6.07) is 6.95. The molecule has 4 rings (SSSR count). The zero-order valence-electron chi connectivity index (χ0n) is 15.3. The van der Waals surface area contributed by atoms with Crippen LogP contribution in [0.25, 0.3) is 16.9 Å². The summed E-state index contributed by atoms with van der Waals surface area (Å²) in [5.74, 6) is -5.00. The number of hydrogen-bond acceptors (Lipinski definition) is 5. The lowest BCUT2D eigenvalue weighted by Gasteiger charge is -2.11. The Hall–Kier alpha value is -4.09. The molecule has 0 saturated heterocycles. The summed E-state index contributed by atoms with van der Waals surface area (Å²) in [7, 11) is 0. The third kappa shape index (κ3) is 3.74. The van der Waals surface area contributed by atoms with Crippen LogP contribution in [0.3, 0.4) is 0 Å². The van der Waals surface area contributed by atoms with E-state index in [1.807, 2.05) is 0 Å². The Balaban J connectivity index is 1.70. The van der Waals surface area contributed by atoms with Gasteiger partial charge in [0.05, 0.1) is 23.4 Å². The van der Waals surface area contributed by atoms with Crippen molar-refractivity contribution < 1.29 is 26.7 Å². The standard InChI is InChI=1S/C19H11F5N6O/c20-10-2-1-3-11(21)16(10)17(31)29-14-7-27-15(8-26-14)30-13-5-4-9(25)6-12(13)28-18(30)19(22,23)24/h1-8H,25H2,(H,26,29,31). The molecule has 31 heavy (non-hydrogen) atoms. The number of hydrogen-bond donors (Lipinski definition) is 2. The maximum atomic E-state index is 13.7. The molecule has 0 fully saturated rings. The van der Waals surface area contributed by atoms with E-state index in [4.69, 9.17) is 5.73 Å². The molecule has 158 valence electrons. The van der Waals surface area contributed by atoms with E-state index in [9.17, 15) is 26.7 Å². The first-order chi connectivity index (χ1) is 14.6. The predicted molar refractivity (Wildman–Crippen MR) is 100 cm³/mol. The fourth-order valence-electron chi connectivity index (χ4n) is 2.91. The third-order valence-electron chi connectivity index (χ3n) is 4.23. The van der Waals surface area contributed by atoms with Gasteiger partial charge >= 0.3 is 6.18 Å². The molecule has 2 heterocycles. The zero-order chi connectivity index (χ0) is 22.3. The second kappa shape index (κ2) is 7.31. The first-order valence-electron chi connectivity index (χ1n) is 8.58. The first kappa shape index (κ1) is 20.2. The maximum absolute atomic E-state index is 13.7. The Morgan fingerprint density at radius 2 is 1.74 bits per heavy atom. The number of fused-ring (bicyclic) bond motifs is 1. The summed E-state index contributed by atoms with van der Waals surface area (Å²) >= 11 is 0. The molecule has 1 amide bonds. The van der Waals surface area contributed by atoms with Gasteiger partial charge in [-0.05, 0) is 30.3 Å². The second-order valence-electron chi connectivity index (χ2n) is 6.33. The molecule has 0 aliphatic carbocycles. The molecule has 2 aromatic carbocycles. The van der Waals surface area contributed by atoms with Crippen LogP contribution in [0.4, 0.5) is 33.5 Å². The average Bonchev–Trinajstić information content (AvgIpc) is 3.07. The number of imidazole rings is 1. The number of nitrogens with zero attached hydrogens (tertiary/aromatic N) is 4. The van der Waals surface area contributed by atoms with Crippen molar-refractivity contribution in [1.82, 2.24) is 19.5 Å². The number of carbonyl (C=O) groups is 1. The van der Waals surface area contributed by atoms with Crippen molar-refractivity contribution in [3.8, 4) is 5.82 Å². The van der Waals surface area contributed by atoms with Crippen LogP contribution in [0, 0.1) is 11.6 Å². The molecule has 0 unspecified atom stereocenters. The van der Waals surface area contributed by atoms with Crippen molar-refractivity contribution in [1.29, 1.82) is 0 Å². The smallest absolute Gasteiger partial charge is 0.399 e. The monoisotopic (exact) mass is 434 g/mol. The topological polar surface area (TPSA) is 98.7 Å². The lowest BCUT2D eigenvalue weighted by Crippen LogP contribution is -2.18. The molecule has 0 bridgehead atoms. The van der Waals surface area contributed by atoms with E-state index < -0.39 is 35.1 Å². The molecule has 4 aromatic rings. The van der Waals surface area contributed by atoms with Crippen LogP contribution >= 0.6 is 0 Å². The van der Waals surface area contributed by atoms with Crippen LogP contribution in [-0.4, -0.2) is 25.4 Å². The normalized spacial score (nSPS) is 11.6. The van der Waals surface area contributed by atoms with Crippen LogP contribution in [0.15, 0.2) is 48.8 Å². The minimum absolute atomic E-state index is 0.00142. The van der Waals surface area contributed by atoms with Crippen molar-refractivity contribution in [2.75, 3.05) is 11.1 Å². The Kier molecular flexibility index (Phi) is 4.76. The van der Waals surface area contributed by atoms with E-state index >= 15 is 0 Å². The Labute approximate surface area is 170 Å². The molecule has 0 radical (unpaired) electrons. The van der Waals surface area contributed by atoms with Crippen LogP contribution in [0.2, 0.25) is 0 Å². The van der Waals surface area contributed by atoms with Gasteiger partial charge in [0.25, 0.3) is 5.91 Å². The summed E-state index contributed by atoms with van der Waals surface area (Å²) < 4.78 is 68.7. The highest BCUT2D eigenvalue weighted by molar-refractivity contribution is 6.04. The highest BCUT2D eigenvalue weighted by atomic mass is 19.4. The highest BCUT2D eigenvalue weighted by Gasteiger charge is 2.38. The van der Waals surface area contributed by atoms with Crippen LogP contribution in [0.5, 0.6) is 0 Å². The van der Waals surface area contributed by atoms with Crippen molar-refractivity contribution in [2.45, 2.75) is 6.18 Å². The molecule has 3 N–H and O–H groups in total. The van der Waals surface area contributed by atoms with Gasteiger partial charge in [0.2, 0.25) is 5.82 Å². The minimum Gasteiger partial charge on any atom is -0.399 e. The van der Waals surface area contributed by atoms with E-state index in [0.29, 0.717) is 0 Å². The molecule has 0 saturated carbocycles. The van der Waals surface area contributed by atoms with E-state index in [1.54, 1.807) is 0 Å². The summed E-state index contributed by atoms with van der Waals surface area (Å²) in [6.07, 6.45) is -2.89. The van der Waals surface area contributed by atoms with Gasteiger partial charge in [0.15, 0.2) is 11.6 Å². The lowest BCUT2D eigenvalue weighted by molar-refractivity contribution is -0.145. The number of aromatic nitrogens is 4. The molecule has 7 nitrogen and oxygen atoms in total. The van der Waals surface area contributed by atoms with Crippen LogP contribution in [0.1, 0.15) is 16.2 Å². The number of benzene rings is 2. The number of alkyl halides is 3. The van der Waals surface area contributed by atoms with Gasteiger partial charge in [-0.25, -0.2) is 23.7 Å². The fraction of sp³-hybridized carbons (Fsp3) is 0.0526. The minimum atomic E-state index is -4.80. The summed E-state index contributed by atoms with van der Waals surface area (Å²) in [6.45, 7) is 0. The summed E-state index contributed by atoms with van der Waals surface area (Å²) in [5.41, 5.74) is 5.10. The van der Waals surface area contributed by atoms with Gasteiger partial charge in [-0.2, -0.15) is 13.2 Å². The van der Waals surface area contributed by atoms with Gasteiger partial charge in [-0.15, -0.1) is 0 Å². The highest BCUT2D eigenvalue weighted by Crippen LogP contribution is 2.33. The molecule has 0 aliphatic heterocycles. The van der Waals surface area contributed by atoms with E-state index in [2.05, 4.69) is 20.3 Å². The van der Waals surface area contributed by atoms with Gasteiger partial charge < -0.3 is 11.1 Å². The third-order valence-corrected chi connectivity index (χ3v) is 4.23. The lowest BCUT2D eigenvalue weighted by atomic mass is 10.2. The van der Waals surface area contributed by atoms with Crippen molar-refractivity contribution in [3.05, 3.63) is 71.8 Å². The Morgan fingerprint density at radius 1 is 1.03 bits per heavy atom. The number of halogens is 5. The number of rotatable bonds is 3. The second-order valence-corrected chi connectivity index (χ2v) is 6.33. The summed E-state index contributed by atoms with van der Waals surface area (Å²) in [5, 5.41) is 2.15. The number of carbonyl (C=O) groups excluding carboxylic acids is 1. The van der Waals surface area contributed by atoms with E-state index in [1.165, 1.54) is 18.2 Å². The van der Waals surface area contributed by atoms with Gasteiger partial charge in [-0.3, -0.25) is 9.36 Å². The SMILES string of the molecule is Nc1ccc2c(c1)nc(C(F)(F)F)n2-c1cnc(NC(=O)c2c(F)cccc2F)cn1. The van der Waals surface area contributed by atoms with E-state index in [-0.39, 0.29) is 28.4 Å². The molecule has 0 spiro atoms. The molecular weight excluding hydrogens is 423 g/mol. The summed E-state index contributed by atoms with van der Waals surface area (Å²) in [4.78, 5) is 23.4. The molecular formula is C19H11F5N6O. The van der Waals surface area contributed by atoms with Crippen molar-refractivity contribution >= 4 is 28.4 Å². The van der Waals surface area contributed by atoms with Crippen molar-refractivity contribution in [3.63, 3.8) is 0 Å². The first-order valence-corrected chi connectivity index (χ1v) is 8.58. The Morgan fingerprint density at radius 3 is 2.35 bits per heavy atom. The molecule has 0 atom stereocenters. The van der Waals surface area contributed by atoms with Gasteiger partial charge in [-0.1, -0.05) is 6.07 Å². The molecule has 12 heteroatoms. The number of nitrogens with one attached hydrogen (secondary N) is 1. The largest absolute Gasteiger partial charge is 0.450 e. The Bertz CT molecular complexity index is 1280. The predicted octanol–water partition coefficient (Wildman–Crippen LogP) is 3.95. The van der Waals surface area contributed by atoms with Crippen LogP contribution in [-0.2, 0) is 6.18 Å².